The normalized spacial score (nSPS) is 10.4. The zero-order valence-electron chi connectivity index (χ0n) is 14.6. The third kappa shape index (κ3) is 5.55. The molecule has 0 aliphatic heterocycles. The van der Waals surface area contributed by atoms with Gasteiger partial charge in [-0.2, -0.15) is 0 Å². The van der Waals surface area contributed by atoms with Crippen molar-refractivity contribution >= 4 is 46.4 Å². The summed E-state index contributed by atoms with van der Waals surface area (Å²) in [6, 6.07) is 19.3. The molecule has 0 fully saturated rings. The van der Waals surface area contributed by atoms with Crippen molar-refractivity contribution in [2.24, 2.45) is 0 Å². The lowest BCUT2D eigenvalue weighted by Crippen LogP contribution is -2.13. The first kappa shape index (κ1) is 20.3. The van der Waals surface area contributed by atoms with Gasteiger partial charge in [0.1, 0.15) is 24.7 Å². The molecule has 28 heavy (non-hydrogen) atoms. The molecule has 0 aliphatic carbocycles. The first-order chi connectivity index (χ1) is 13.5. The Morgan fingerprint density at radius 2 is 1.32 bits per heavy atom. The zero-order chi connectivity index (χ0) is 19.9. The number of carbonyl (C=O) groups is 1. The SMILES string of the molecule is O=C(Nc1c(Cl)cc(Cl)cc1Cl)c1ccc(OCCOc2ccccc2)cc1. The number of nitrogens with one attached hydrogen (secondary N) is 1. The Bertz CT molecular complexity index is 924. The van der Waals surface area contributed by atoms with Crippen molar-refractivity contribution in [2.45, 2.75) is 0 Å². The second-order valence-corrected chi connectivity index (χ2v) is 6.98. The van der Waals surface area contributed by atoms with E-state index in [2.05, 4.69) is 5.32 Å². The van der Waals surface area contributed by atoms with E-state index < -0.39 is 0 Å². The monoisotopic (exact) mass is 435 g/mol. The number of amides is 1. The molecular formula is C21H16Cl3NO3. The molecule has 7 heteroatoms. The van der Waals surface area contributed by atoms with Gasteiger partial charge in [0.2, 0.25) is 0 Å². The van der Waals surface area contributed by atoms with E-state index in [0.29, 0.717) is 35.2 Å². The van der Waals surface area contributed by atoms with Crippen LogP contribution in [0.25, 0.3) is 0 Å². The van der Waals surface area contributed by atoms with Crippen molar-refractivity contribution in [1.29, 1.82) is 0 Å². The second kappa shape index (κ2) is 9.69. The van der Waals surface area contributed by atoms with E-state index in [1.165, 1.54) is 12.1 Å². The van der Waals surface area contributed by atoms with Gasteiger partial charge in [0.05, 0.1) is 15.7 Å². The number of hydrogen-bond acceptors (Lipinski definition) is 3. The lowest BCUT2D eigenvalue weighted by atomic mass is 10.2. The van der Waals surface area contributed by atoms with Crippen molar-refractivity contribution in [1.82, 2.24) is 0 Å². The van der Waals surface area contributed by atoms with Crippen LogP contribution in [0.1, 0.15) is 10.4 Å². The number of carbonyl (C=O) groups excluding carboxylic acids is 1. The quantitative estimate of drug-likeness (QED) is 0.439. The number of rotatable bonds is 7. The summed E-state index contributed by atoms with van der Waals surface area (Å²) in [5.74, 6) is 1.08. The largest absolute Gasteiger partial charge is 0.490 e. The number of para-hydroxylation sites is 1. The van der Waals surface area contributed by atoms with Crippen molar-refractivity contribution in [3.63, 3.8) is 0 Å². The number of anilines is 1. The van der Waals surface area contributed by atoms with Crippen LogP contribution in [0.4, 0.5) is 5.69 Å². The molecule has 0 bridgehead atoms. The Balaban J connectivity index is 1.53. The molecule has 3 rings (SSSR count). The lowest BCUT2D eigenvalue weighted by molar-refractivity contribution is 0.102. The third-order valence-corrected chi connectivity index (χ3v) is 4.54. The van der Waals surface area contributed by atoms with E-state index >= 15 is 0 Å². The van der Waals surface area contributed by atoms with Gasteiger partial charge in [-0.3, -0.25) is 4.79 Å². The van der Waals surface area contributed by atoms with Crippen LogP contribution < -0.4 is 14.8 Å². The van der Waals surface area contributed by atoms with Gasteiger partial charge >= 0.3 is 0 Å². The molecule has 0 saturated heterocycles. The Kier molecular flexibility index (Phi) is 7.04. The summed E-state index contributed by atoms with van der Waals surface area (Å²) in [5, 5.41) is 3.62. The molecule has 1 N–H and O–H groups in total. The van der Waals surface area contributed by atoms with Crippen LogP contribution in [0.2, 0.25) is 15.1 Å². The topological polar surface area (TPSA) is 47.6 Å². The third-order valence-electron chi connectivity index (χ3n) is 3.73. The summed E-state index contributed by atoms with van der Waals surface area (Å²) in [5.41, 5.74) is 0.756. The molecule has 0 unspecified atom stereocenters. The van der Waals surface area contributed by atoms with Crippen molar-refractivity contribution < 1.29 is 14.3 Å². The molecule has 0 radical (unpaired) electrons. The molecule has 144 valence electrons. The highest BCUT2D eigenvalue weighted by Gasteiger charge is 2.13. The molecular weight excluding hydrogens is 421 g/mol. The minimum atomic E-state index is -0.343. The second-order valence-electron chi connectivity index (χ2n) is 5.73. The molecule has 0 heterocycles. The Hall–Kier alpha value is -2.40. The van der Waals surface area contributed by atoms with Gasteiger partial charge in [0, 0.05) is 10.6 Å². The van der Waals surface area contributed by atoms with Gasteiger partial charge in [0.15, 0.2) is 0 Å². The summed E-state index contributed by atoms with van der Waals surface area (Å²) >= 11 is 18.1. The van der Waals surface area contributed by atoms with Crippen LogP contribution in [0.3, 0.4) is 0 Å². The van der Waals surface area contributed by atoms with Crippen molar-refractivity contribution in [2.75, 3.05) is 18.5 Å². The molecule has 3 aromatic rings. The number of halogens is 3. The van der Waals surface area contributed by atoms with E-state index in [1.807, 2.05) is 30.3 Å². The summed E-state index contributed by atoms with van der Waals surface area (Å²) in [6.45, 7) is 0.802. The minimum absolute atomic E-state index is 0.268. The van der Waals surface area contributed by atoms with E-state index in [4.69, 9.17) is 44.3 Å². The van der Waals surface area contributed by atoms with E-state index in [-0.39, 0.29) is 16.0 Å². The molecule has 0 spiro atoms. The smallest absolute Gasteiger partial charge is 0.255 e. The molecule has 0 saturated carbocycles. The van der Waals surface area contributed by atoms with E-state index in [0.717, 1.165) is 5.75 Å². The Morgan fingerprint density at radius 1 is 0.786 bits per heavy atom. The van der Waals surface area contributed by atoms with Gasteiger partial charge in [-0.15, -0.1) is 0 Å². The van der Waals surface area contributed by atoms with Gasteiger partial charge in [-0.05, 0) is 48.5 Å². The zero-order valence-corrected chi connectivity index (χ0v) is 16.9. The number of benzene rings is 3. The van der Waals surface area contributed by atoms with Crippen LogP contribution in [0, 0.1) is 0 Å². The number of hydrogen-bond donors (Lipinski definition) is 1. The molecule has 0 aliphatic rings. The molecule has 1 amide bonds. The van der Waals surface area contributed by atoms with Crippen LogP contribution in [0.15, 0.2) is 66.7 Å². The average Bonchev–Trinajstić information content (AvgIpc) is 2.69. The summed E-state index contributed by atoms with van der Waals surface area (Å²) in [4.78, 5) is 12.4. The minimum Gasteiger partial charge on any atom is -0.490 e. The highest BCUT2D eigenvalue weighted by Crippen LogP contribution is 2.34. The molecule has 3 aromatic carbocycles. The van der Waals surface area contributed by atoms with Crippen LogP contribution >= 0.6 is 34.8 Å². The van der Waals surface area contributed by atoms with Gasteiger partial charge < -0.3 is 14.8 Å². The maximum atomic E-state index is 12.4. The van der Waals surface area contributed by atoms with E-state index in [1.54, 1.807) is 24.3 Å². The fourth-order valence-electron chi connectivity index (χ4n) is 2.39. The van der Waals surface area contributed by atoms with Crippen LogP contribution in [-0.4, -0.2) is 19.1 Å². The fraction of sp³-hybridized carbons (Fsp3) is 0.0952. The van der Waals surface area contributed by atoms with Gasteiger partial charge in [-0.1, -0.05) is 53.0 Å². The number of ether oxygens (including phenoxy) is 2. The summed E-state index contributed by atoms with van der Waals surface area (Å²) < 4.78 is 11.2. The highest BCUT2D eigenvalue weighted by molar-refractivity contribution is 6.42. The van der Waals surface area contributed by atoms with Crippen LogP contribution in [-0.2, 0) is 0 Å². The Labute approximate surface area is 177 Å². The van der Waals surface area contributed by atoms with Gasteiger partial charge in [-0.25, -0.2) is 0 Å². The van der Waals surface area contributed by atoms with E-state index in [9.17, 15) is 4.79 Å². The van der Waals surface area contributed by atoms with Crippen molar-refractivity contribution in [3.05, 3.63) is 87.4 Å². The predicted molar refractivity (Wildman–Crippen MR) is 113 cm³/mol. The standard InChI is InChI=1S/C21H16Cl3NO3/c22-15-12-18(23)20(19(24)13-15)25-21(26)14-6-8-17(9-7-14)28-11-10-27-16-4-2-1-3-5-16/h1-9,12-13H,10-11H2,(H,25,26). The first-order valence-corrected chi connectivity index (χ1v) is 9.53. The summed E-state index contributed by atoms with van der Waals surface area (Å²) in [6.07, 6.45) is 0. The fourth-order valence-corrected chi connectivity index (χ4v) is 3.30. The first-order valence-electron chi connectivity index (χ1n) is 8.39. The molecule has 0 aromatic heterocycles. The highest BCUT2D eigenvalue weighted by atomic mass is 35.5. The summed E-state index contributed by atoms with van der Waals surface area (Å²) in [7, 11) is 0. The maximum absolute atomic E-state index is 12.4. The van der Waals surface area contributed by atoms with Crippen LogP contribution in [0.5, 0.6) is 11.5 Å². The molecule has 0 atom stereocenters. The Morgan fingerprint density at radius 3 is 1.89 bits per heavy atom. The molecule has 4 nitrogen and oxygen atoms in total. The van der Waals surface area contributed by atoms with Crippen molar-refractivity contribution in [3.8, 4) is 11.5 Å². The average molecular weight is 437 g/mol. The lowest BCUT2D eigenvalue weighted by Gasteiger charge is -2.11. The maximum Gasteiger partial charge on any atom is 0.255 e. The predicted octanol–water partition coefficient (Wildman–Crippen LogP) is 6.36. The van der Waals surface area contributed by atoms with Gasteiger partial charge in [0.25, 0.3) is 5.91 Å².